The number of hydrogen-bond donors (Lipinski definition) is 2. The van der Waals surface area contributed by atoms with Crippen LogP contribution < -0.4 is 10.2 Å². The fourth-order valence-corrected chi connectivity index (χ4v) is 2.46. The Morgan fingerprint density at radius 2 is 1.92 bits per heavy atom. The molecule has 1 amide bonds. The van der Waals surface area contributed by atoms with Crippen molar-refractivity contribution in [1.82, 2.24) is 4.98 Å². The predicted octanol–water partition coefficient (Wildman–Crippen LogP) is 1.87. The zero-order chi connectivity index (χ0) is 16.9. The maximum atomic E-state index is 12.4. The molecule has 2 heterocycles. The van der Waals surface area contributed by atoms with Crippen molar-refractivity contribution < 1.29 is 19.4 Å². The van der Waals surface area contributed by atoms with E-state index in [0.717, 1.165) is 18.9 Å². The van der Waals surface area contributed by atoms with Gasteiger partial charge in [0.2, 0.25) is 0 Å². The topological polar surface area (TPSA) is 91.8 Å². The lowest BCUT2D eigenvalue weighted by molar-refractivity contribution is 0.0696. The molecule has 124 valence electrons. The van der Waals surface area contributed by atoms with Gasteiger partial charge in [-0.1, -0.05) is 6.07 Å². The normalized spacial score (nSPS) is 14.2. The second-order valence-electron chi connectivity index (χ2n) is 5.34. The van der Waals surface area contributed by atoms with Crippen molar-refractivity contribution >= 4 is 23.4 Å². The molecule has 1 aromatic heterocycles. The van der Waals surface area contributed by atoms with Gasteiger partial charge in [-0.25, -0.2) is 9.78 Å². The third-order valence-corrected chi connectivity index (χ3v) is 3.71. The Kier molecular flexibility index (Phi) is 4.72. The fraction of sp³-hybridized carbons (Fsp3) is 0.235. The van der Waals surface area contributed by atoms with Crippen molar-refractivity contribution in [3.63, 3.8) is 0 Å². The molecule has 2 aromatic rings. The molecular weight excluding hydrogens is 310 g/mol. The summed E-state index contributed by atoms with van der Waals surface area (Å²) >= 11 is 0. The van der Waals surface area contributed by atoms with Gasteiger partial charge >= 0.3 is 5.97 Å². The molecule has 0 aliphatic carbocycles. The van der Waals surface area contributed by atoms with Crippen LogP contribution in [0.1, 0.15) is 20.7 Å². The highest BCUT2D eigenvalue weighted by atomic mass is 16.5. The van der Waals surface area contributed by atoms with E-state index in [2.05, 4.69) is 15.2 Å². The first kappa shape index (κ1) is 15.9. The van der Waals surface area contributed by atoms with E-state index in [4.69, 9.17) is 9.84 Å². The zero-order valence-corrected chi connectivity index (χ0v) is 12.9. The number of anilines is 2. The molecule has 3 rings (SSSR count). The Balaban J connectivity index is 1.75. The van der Waals surface area contributed by atoms with E-state index >= 15 is 0 Å². The smallest absolute Gasteiger partial charge is 0.335 e. The van der Waals surface area contributed by atoms with E-state index in [1.54, 1.807) is 30.5 Å². The minimum Gasteiger partial charge on any atom is -0.478 e. The first-order chi connectivity index (χ1) is 11.6. The van der Waals surface area contributed by atoms with Gasteiger partial charge in [0, 0.05) is 30.5 Å². The van der Waals surface area contributed by atoms with Gasteiger partial charge < -0.3 is 20.1 Å². The van der Waals surface area contributed by atoms with Gasteiger partial charge in [-0.3, -0.25) is 4.79 Å². The fourth-order valence-electron chi connectivity index (χ4n) is 2.46. The third kappa shape index (κ3) is 3.69. The molecular formula is C17H17N3O4. The van der Waals surface area contributed by atoms with Gasteiger partial charge in [-0.2, -0.15) is 0 Å². The van der Waals surface area contributed by atoms with Gasteiger partial charge in [-0.05, 0) is 30.3 Å². The predicted molar refractivity (Wildman–Crippen MR) is 88.6 cm³/mol. The molecule has 1 aromatic carbocycles. The van der Waals surface area contributed by atoms with Crippen LogP contribution in [0.5, 0.6) is 0 Å². The first-order valence-corrected chi connectivity index (χ1v) is 7.57. The lowest BCUT2D eigenvalue weighted by atomic mass is 10.2. The summed E-state index contributed by atoms with van der Waals surface area (Å²) in [6, 6.07) is 9.48. The van der Waals surface area contributed by atoms with E-state index < -0.39 is 5.97 Å². The number of carbonyl (C=O) groups excluding carboxylic acids is 1. The number of ether oxygens (including phenoxy) is 1. The number of carboxylic acids is 1. The molecule has 0 bridgehead atoms. The zero-order valence-electron chi connectivity index (χ0n) is 12.9. The monoisotopic (exact) mass is 327 g/mol. The summed E-state index contributed by atoms with van der Waals surface area (Å²) in [5.41, 5.74) is 1.02. The molecule has 1 saturated heterocycles. The number of aromatic nitrogens is 1. The third-order valence-electron chi connectivity index (χ3n) is 3.71. The quantitative estimate of drug-likeness (QED) is 0.891. The Morgan fingerprint density at radius 3 is 2.67 bits per heavy atom. The molecule has 0 unspecified atom stereocenters. The summed E-state index contributed by atoms with van der Waals surface area (Å²) in [4.78, 5) is 29.8. The molecule has 1 fully saturated rings. The van der Waals surface area contributed by atoms with Crippen LogP contribution in [0, 0.1) is 0 Å². The van der Waals surface area contributed by atoms with Crippen molar-refractivity contribution in [2.24, 2.45) is 0 Å². The number of carboxylic acid groups (broad SMARTS) is 1. The molecule has 0 spiro atoms. The maximum Gasteiger partial charge on any atom is 0.335 e. The van der Waals surface area contributed by atoms with E-state index in [9.17, 15) is 9.59 Å². The second-order valence-corrected chi connectivity index (χ2v) is 5.34. The highest BCUT2D eigenvalue weighted by Crippen LogP contribution is 2.16. The van der Waals surface area contributed by atoms with Crippen molar-refractivity contribution in [3.8, 4) is 0 Å². The van der Waals surface area contributed by atoms with Gasteiger partial charge in [0.05, 0.1) is 18.8 Å². The molecule has 2 N–H and O–H groups in total. The molecule has 0 radical (unpaired) electrons. The molecule has 7 heteroatoms. The Hall–Kier alpha value is -2.93. The maximum absolute atomic E-state index is 12.4. The molecule has 1 aliphatic rings. The average molecular weight is 327 g/mol. The van der Waals surface area contributed by atoms with Gasteiger partial charge in [0.1, 0.15) is 5.82 Å². The summed E-state index contributed by atoms with van der Waals surface area (Å²) in [7, 11) is 0. The van der Waals surface area contributed by atoms with E-state index in [0.29, 0.717) is 24.5 Å². The lowest BCUT2D eigenvalue weighted by Crippen LogP contribution is -2.36. The lowest BCUT2D eigenvalue weighted by Gasteiger charge is -2.27. The van der Waals surface area contributed by atoms with E-state index in [-0.39, 0.29) is 11.5 Å². The molecule has 0 saturated carbocycles. The first-order valence-electron chi connectivity index (χ1n) is 7.57. The van der Waals surface area contributed by atoms with Crippen LogP contribution in [0.25, 0.3) is 0 Å². The Labute approximate surface area is 138 Å². The van der Waals surface area contributed by atoms with Crippen molar-refractivity contribution in [2.45, 2.75) is 0 Å². The summed E-state index contributed by atoms with van der Waals surface area (Å²) in [6.07, 6.45) is 1.59. The number of amides is 1. The van der Waals surface area contributed by atoms with Crippen molar-refractivity contribution in [3.05, 3.63) is 53.7 Å². The summed E-state index contributed by atoms with van der Waals surface area (Å²) < 4.78 is 5.31. The highest BCUT2D eigenvalue weighted by molar-refractivity contribution is 6.05. The standard InChI is InChI=1S/C17H17N3O4/c21-16(19-14-3-1-2-13(10-14)17(22)23)12-4-5-18-15(11-12)20-6-8-24-9-7-20/h1-5,10-11H,6-9H2,(H,19,21)(H,22,23). The largest absolute Gasteiger partial charge is 0.478 e. The SMILES string of the molecule is O=C(O)c1cccc(NC(=O)c2ccnc(N3CCOCC3)c2)c1. The number of hydrogen-bond acceptors (Lipinski definition) is 5. The minimum atomic E-state index is -1.04. The van der Waals surface area contributed by atoms with E-state index in [1.165, 1.54) is 12.1 Å². The summed E-state index contributed by atoms with van der Waals surface area (Å²) in [5, 5.41) is 11.7. The number of benzene rings is 1. The summed E-state index contributed by atoms with van der Waals surface area (Å²) in [5.74, 6) is -0.621. The molecule has 0 atom stereocenters. The number of carbonyl (C=O) groups is 2. The van der Waals surface area contributed by atoms with Crippen molar-refractivity contribution in [1.29, 1.82) is 0 Å². The van der Waals surface area contributed by atoms with Crippen LogP contribution in [-0.2, 0) is 4.74 Å². The van der Waals surface area contributed by atoms with Crippen LogP contribution >= 0.6 is 0 Å². The highest BCUT2D eigenvalue weighted by Gasteiger charge is 2.15. The second kappa shape index (κ2) is 7.10. The Bertz CT molecular complexity index is 757. The van der Waals surface area contributed by atoms with Crippen LogP contribution in [-0.4, -0.2) is 48.3 Å². The number of rotatable bonds is 4. The van der Waals surface area contributed by atoms with Crippen LogP contribution in [0.4, 0.5) is 11.5 Å². The number of nitrogens with zero attached hydrogens (tertiary/aromatic N) is 2. The molecule has 7 nitrogen and oxygen atoms in total. The number of nitrogens with one attached hydrogen (secondary N) is 1. The number of morpholine rings is 1. The van der Waals surface area contributed by atoms with Crippen LogP contribution in [0.3, 0.4) is 0 Å². The van der Waals surface area contributed by atoms with E-state index in [1.807, 2.05) is 0 Å². The number of aromatic carboxylic acids is 1. The van der Waals surface area contributed by atoms with Crippen LogP contribution in [0.2, 0.25) is 0 Å². The minimum absolute atomic E-state index is 0.122. The van der Waals surface area contributed by atoms with Gasteiger partial charge in [0.15, 0.2) is 0 Å². The molecule has 1 aliphatic heterocycles. The number of pyridine rings is 1. The van der Waals surface area contributed by atoms with Gasteiger partial charge in [0.25, 0.3) is 5.91 Å². The van der Waals surface area contributed by atoms with Crippen LogP contribution in [0.15, 0.2) is 42.6 Å². The van der Waals surface area contributed by atoms with Gasteiger partial charge in [-0.15, -0.1) is 0 Å². The summed E-state index contributed by atoms with van der Waals surface area (Å²) in [6.45, 7) is 2.75. The molecule has 24 heavy (non-hydrogen) atoms. The van der Waals surface area contributed by atoms with Crippen molar-refractivity contribution in [2.75, 3.05) is 36.5 Å². The average Bonchev–Trinajstić information content (AvgIpc) is 2.63. The Morgan fingerprint density at radius 1 is 1.12 bits per heavy atom.